The third-order valence-electron chi connectivity index (χ3n) is 4.65. The van der Waals surface area contributed by atoms with Gasteiger partial charge in [-0.1, -0.05) is 6.07 Å². The summed E-state index contributed by atoms with van der Waals surface area (Å²) < 4.78 is 16.5. The smallest absolute Gasteiger partial charge is 0.441 e. The van der Waals surface area contributed by atoms with Gasteiger partial charge < -0.3 is 18.9 Å². The van der Waals surface area contributed by atoms with Gasteiger partial charge in [-0.25, -0.2) is 0 Å². The summed E-state index contributed by atoms with van der Waals surface area (Å²) in [6, 6.07) is 5.99. The van der Waals surface area contributed by atoms with E-state index in [2.05, 4.69) is 0 Å². The number of carbonyl (C=O) groups is 1. The Labute approximate surface area is 138 Å². The first-order valence-corrected chi connectivity index (χ1v) is 8.21. The summed E-state index contributed by atoms with van der Waals surface area (Å²) in [6.45, 7) is 0.641. The molecule has 1 aliphatic heterocycles. The van der Waals surface area contributed by atoms with Crippen molar-refractivity contribution < 1.29 is 18.9 Å². The van der Waals surface area contributed by atoms with Crippen molar-refractivity contribution in [1.82, 2.24) is 4.81 Å². The molecule has 1 aromatic carbocycles. The summed E-state index contributed by atoms with van der Waals surface area (Å²) in [6.07, 6.45) is 5.44. The first-order valence-electron chi connectivity index (χ1n) is 8.21. The fourth-order valence-corrected chi connectivity index (χ4v) is 3.41. The number of amides is 1. The maximum atomic E-state index is 12.0. The highest BCUT2D eigenvalue weighted by atomic mass is 16.5. The standard InChI is InChI=1S/C17H23BNO4/c1-21-15-8-7-12(9-16(15)23-14-5-3-4-6-14)13-10-17(20)19(11-13)18-22-2/h7-9,13-14H,3-6,10-11H2,1-2H3. The first-order chi connectivity index (χ1) is 11.2. The first kappa shape index (κ1) is 16.2. The summed E-state index contributed by atoms with van der Waals surface area (Å²) in [7, 11) is 4.70. The Kier molecular flexibility index (Phi) is 5.11. The lowest BCUT2D eigenvalue weighted by Gasteiger charge is -2.19. The third kappa shape index (κ3) is 3.63. The van der Waals surface area contributed by atoms with Crippen LogP contribution < -0.4 is 9.47 Å². The molecule has 0 N–H and O–H groups in total. The van der Waals surface area contributed by atoms with E-state index < -0.39 is 0 Å². The maximum absolute atomic E-state index is 12.0. The van der Waals surface area contributed by atoms with E-state index in [1.165, 1.54) is 20.5 Å². The molecule has 1 unspecified atom stereocenters. The fourth-order valence-electron chi connectivity index (χ4n) is 3.41. The Morgan fingerprint density at radius 2 is 1.96 bits per heavy atom. The van der Waals surface area contributed by atoms with Gasteiger partial charge in [-0.3, -0.25) is 4.79 Å². The average Bonchev–Trinajstić information content (AvgIpc) is 3.18. The van der Waals surface area contributed by atoms with Crippen molar-refractivity contribution in [3.05, 3.63) is 23.8 Å². The van der Waals surface area contributed by atoms with Gasteiger partial charge in [-0.05, 0) is 43.4 Å². The molecule has 123 valence electrons. The zero-order valence-electron chi connectivity index (χ0n) is 13.8. The number of hydrogen-bond donors (Lipinski definition) is 0. The summed E-state index contributed by atoms with van der Waals surface area (Å²) in [5, 5.41) is 0. The van der Waals surface area contributed by atoms with Gasteiger partial charge in [0.15, 0.2) is 11.5 Å². The van der Waals surface area contributed by atoms with Crippen LogP contribution in [0.2, 0.25) is 0 Å². The van der Waals surface area contributed by atoms with E-state index in [-0.39, 0.29) is 17.9 Å². The highest BCUT2D eigenvalue weighted by Gasteiger charge is 2.32. The second kappa shape index (κ2) is 7.26. The number of carbonyl (C=O) groups excluding carboxylic acids is 1. The molecule has 1 radical (unpaired) electrons. The van der Waals surface area contributed by atoms with Crippen LogP contribution in [0.3, 0.4) is 0 Å². The number of hydrogen-bond acceptors (Lipinski definition) is 4. The summed E-state index contributed by atoms with van der Waals surface area (Å²) >= 11 is 0. The average molecular weight is 316 g/mol. The minimum Gasteiger partial charge on any atom is -0.493 e. The lowest BCUT2D eigenvalue weighted by Crippen LogP contribution is -2.30. The van der Waals surface area contributed by atoms with Crippen LogP contribution in [0.4, 0.5) is 0 Å². The van der Waals surface area contributed by atoms with Gasteiger partial charge in [-0.15, -0.1) is 0 Å². The van der Waals surface area contributed by atoms with Gasteiger partial charge in [0.2, 0.25) is 5.91 Å². The minimum atomic E-state index is 0.0888. The van der Waals surface area contributed by atoms with Crippen LogP contribution in [0.1, 0.15) is 43.6 Å². The van der Waals surface area contributed by atoms with E-state index in [0.717, 1.165) is 29.9 Å². The van der Waals surface area contributed by atoms with Crippen molar-refractivity contribution in [3.63, 3.8) is 0 Å². The van der Waals surface area contributed by atoms with E-state index in [0.29, 0.717) is 13.0 Å². The molecule has 1 aliphatic carbocycles. The molecule has 6 heteroatoms. The van der Waals surface area contributed by atoms with Gasteiger partial charge in [0.05, 0.1) is 13.2 Å². The highest BCUT2D eigenvalue weighted by molar-refractivity contribution is 6.29. The van der Waals surface area contributed by atoms with E-state index >= 15 is 0 Å². The molecule has 0 spiro atoms. The molecule has 0 aromatic heterocycles. The molecular weight excluding hydrogens is 293 g/mol. The minimum absolute atomic E-state index is 0.0888. The van der Waals surface area contributed by atoms with Crippen LogP contribution in [-0.4, -0.2) is 45.2 Å². The Morgan fingerprint density at radius 1 is 1.17 bits per heavy atom. The van der Waals surface area contributed by atoms with E-state index in [1.54, 1.807) is 19.0 Å². The van der Waals surface area contributed by atoms with Gasteiger partial charge in [-0.2, -0.15) is 0 Å². The molecule has 1 heterocycles. The van der Waals surface area contributed by atoms with Crippen LogP contribution in [0, 0.1) is 0 Å². The molecule has 1 atom stereocenters. The summed E-state index contributed by atoms with van der Waals surface area (Å²) in [4.78, 5) is 13.6. The van der Waals surface area contributed by atoms with Crippen LogP contribution >= 0.6 is 0 Å². The third-order valence-corrected chi connectivity index (χ3v) is 4.65. The molecule has 2 aliphatic rings. The highest BCUT2D eigenvalue weighted by Crippen LogP contribution is 2.36. The van der Waals surface area contributed by atoms with Crippen molar-refractivity contribution in [3.8, 4) is 11.5 Å². The van der Waals surface area contributed by atoms with Crippen molar-refractivity contribution in [2.45, 2.75) is 44.1 Å². The molecule has 2 fully saturated rings. The van der Waals surface area contributed by atoms with Gasteiger partial charge in [0.25, 0.3) is 0 Å². The molecule has 1 amide bonds. The monoisotopic (exact) mass is 316 g/mol. The van der Waals surface area contributed by atoms with Gasteiger partial charge in [0, 0.05) is 26.0 Å². The molecule has 23 heavy (non-hydrogen) atoms. The molecule has 1 saturated carbocycles. The predicted molar refractivity (Wildman–Crippen MR) is 87.7 cm³/mol. The Bertz CT molecular complexity index is 560. The van der Waals surface area contributed by atoms with Crippen LogP contribution in [-0.2, 0) is 9.45 Å². The number of methoxy groups -OCH3 is 1. The second-order valence-corrected chi connectivity index (χ2v) is 6.22. The van der Waals surface area contributed by atoms with Gasteiger partial charge >= 0.3 is 7.62 Å². The largest absolute Gasteiger partial charge is 0.493 e. The Hall–Kier alpha value is -1.69. The topological polar surface area (TPSA) is 48.0 Å². The molecular formula is C17H23BNO4. The molecule has 0 bridgehead atoms. The van der Waals surface area contributed by atoms with E-state index in [4.69, 9.17) is 14.1 Å². The lowest BCUT2D eigenvalue weighted by molar-refractivity contribution is -0.124. The number of nitrogens with zero attached hydrogens (tertiary/aromatic N) is 1. The van der Waals surface area contributed by atoms with E-state index in [1.807, 2.05) is 18.2 Å². The van der Waals surface area contributed by atoms with Gasteiger partial charge in [0.1, 0.15) is 0 Å². The van der Waals surface area contributed by atoms with E-state index in [9.17, 15) is 4.79 Å². The molecule has 3 rings (SSSR count). The molecule has 1 aromatic rings. The quantitative estimate of drug-likeness (QED) is 0.757. The summed E-state index contributed by atoms with van der Waals surface area (Å²) in [5.74, 6) is 1.79. The second-order valence-electron chi connectivity index (χ2n) is 6.22. The zero-order chi connectivity index (χ0) is 16.2. The zero-order valence-corrected chi connectivity index (χ0v) is 13.8. The van der Waals surface area contributed by atoms with Crippen LogP contribution in [0.25, 0.3) is 0 Å². The van der Waals surface area contributed by atoms with Crippen molar-refractivity contribution in [2.24, 2.45) is 0 Å². The lowest BCUT2D eigenvalue weighted by atomic mass is 9.97. The number of rotatable bonds is 6. The SMILES string of the molecule is CO[B]N1CC(c2ccc(OC)c(OC3CCCC3)c2)CC1=O. The Morgan fingerprint density at radius 3 is 2.65 bits per heavy atom. The molecule has 1 saturated heterocycles. The van der Waals surface area contributed by atoms with Crippen molar-refractivity contribution in [2.75, 3.05) is 20.8 Å². The van der Waals surface area contributed by atoms with Crippen molar-refractivity contribution in [1.29, 1.82) is 0 Å². The maximum Gasteiger partial charge on any atom is 0.441 e. The fraction of sp³-hybridized carbons (Fsp3) is 0.588. The Balaban J connectivity index is 1.76. The normalized spacial score (nSPS) is 21.7. The molecule has 5 nitrogen and oxygen atoms in total. The number of ether oxygens (including phenoxy) is 2. The van der Waals surface area contributed by atoms with Crippen LogP contribution in [0.5, 0.6) is 11.5 Å². The van der Waals surface area contributed by atoms with Crippen molar-refractivity contribution >= 4 is 13.5 Å². The number of benzene rings is 1. The predicted octanol–water partition coefficient (Wildman–Crippen LogP) is 2.51. The summed E-state index contributed by atoms with van der Waals surface area (Å²) in [5.41, 5.74) is 1.11. The van der Waals surface area contributed by atoms with Crippen LogP contribution in [0.15, 0.2) is 18.2 Å².